The number of carbonyl (C=O) groups excluding carboxylic acids is 1. The van der Waals surface area contributed by atoms with Crippen LogP contribution in [0.2, 0.25) is 0 Å². The van der Waals surface area contributed by atoms with E-state index in [1.807, 2.05) is 0 Å². The molecule has 88 valence electrons. The largest absolute Gasteiger partial charge is 0.445 e. The van der Waals surface area contributed by atoms with Crippen LogP contribution in [0.5, 0.6) is 0 Å². The average Bonchev–Trinajstić information content (AvgIpc) is 2.14. The van der Waals surface area contributed by atoms with Crippen molar-refractivity contribution in [1.82, 2.24) is 0 Å². The number of ether oxygens (including phenoxy) is 1. The minimum Gasteiger partial charge on any atom is -0.445 e. The van der Waals surface area contributed by atoms with Crippen molar-refractivity contribution in [3.63, 3.8) is 0 Å². The molecule has 0 unspecified atom stereocenters. The van der Waals surface area contributed by atoms with Gasteiger partial charge in [-0.3, -0.25) is 4.79 Å². The van der Waals surface area contributed by atoms with Crippen molar-refractivity contribution in [3.05, 3.63) is 0 Å². The number of terminal acetylenes is 1. The summed E-state index contributed by atoms with van der Waals surface area (Å²) in [5.74, 6) is 3.30. The van der Waals surface area contributed by atoms with E-state index in [0.29, 0.717) is 18.3 Å². The van der Waals surface area contributed by atoms with Crippen LogP contribution in [0, 0.1) is 29.6 Å². The van der Waals surface area contributed by atoms with Gasteiger partial charge in [-0.05, 0) is 30.6 Å². The molecule has 0 N–H and O–H groups in total. The summed E-state index contributed by atoms with van der Waals surface area (Å²) < 4.78 is 5.56. The van der Waals surface area contributed by atoms with Crippen molar-refractivity contribution in [2.24, 2.45) is 17.3 Å². The molecule has 0 amide bonds. The van der Waals surface area contributed by atoms with E-state index in [9.17, 15) is 4.79 Å². The number of fused-ring (bicyclic) bond motifs is 1. The fourth-order valence-electron chi connectivity index (χ4n) is 3.91. The maximum Gasteiger partial charge on any atom is 0.307 e. The van der Waals surface area contributed by atoms with E-state index in [4.69, 9.17) is 11.2 Å². The van der Waals surface area contributed by atoms with Crippen LogP contribution in [0.3, 0.4) is 0 Å². The molecule has 0 radical (unpaired) electrons. The number of carbonyl (C=O) groups is 1. The van der Waals surface area contributed by atoms with Gasteiger partial charge in [0.1, 0.15) is 0 Å². The Balaban J connectivity index is 2.42. The Bertz CT molecular complexity index is 350. The SMILES string of the molecule is C#C[C@]12CCCC(C)(C)[C@H]1[C@H](C)CC(=O)O2. The summed E-state index contributed by atoms with van der Waals surface area (Å²) in [7, 11) is 0. The molecule has 3 atom stereocenters. The first-order valence-corrected chi connectivity index (χ1v) is 6.11. The highest BCUT2D eigenvalue weighted by molar-refractivity contribution is 5.72. The highest BCUT2D eigenvalue weighted by Gasteiger charge is 2.56. The third-order valence-corrected chi connectivity index (χ3v) is 4.31. The van der Waals surface area contributed by atoms with Crippen molar-refractivity contribution >= 4 is 5.97 Å². The fraction of sp³-hybridized carbons (Fsp3) is 0.786. The highest BCUT2D eigenvalue weighted by atomic mass is 16.6. The first-order chi connectivity index (χ1) is 7.41. The van der Waals surface area contributed by atoms with Crippen LogP contribution in [-0.2, 0) is 9.53 Å². The molecule has 1 saturated heterocycles. The van der Waals surface area contributed by atoms with Crippen molar-refractivity contribution in [1.29, 1.82) is 0 Å². The van der Waals surface area contributed by atoms with Crippen LogP contribution in [0.1, 0.15) is 46.5 Å². The summed E-state index contributed by atoms with van der Waals surface area (Å²) >= 11 is 0. The van der Waals surface area contributed by atoms with Gasteiger partial charge in [-0.25, -0.2) is 0 Å². The Morgan fingerprint density at radius 1 is 1.44 bits per heavy atom. The van der Waals surface area contributed by atoms with Gasteiger partial charge in [-0.2, -0.15) is 0 Å². The van der Waals surface area contributed by atoms with E-state index in [-0.39, 0.29) is 11.4 Å². The van der Waals surface area contributed by atoms with E-state index in [1.54, 1.807) is 0 Å². The van der Waals surface area contributed by atoms with E-state index in [0.717, 1.165) is 12.8 Å². The quantitative estimate of drug-likeness (QED) is 0.463. The number of hydrogen-bond acceptors (Lipinski definition) is 2. The Labute approximate surface area is 97.7 Å². The minimum atomic E-state index is -0.628. The lowest BCUT2D eigenvalue weighted by Gasteiger charge is -2.53. The smallest absolute Gasteiger partial charge is 0.307 e. The van der Waals surface area contributed by atoms with Crippen molar-refractivity contribution < 1.29 is 9.53 Å². The Morgan fingerprint density at radius 2 is 2.12 bits per heavy atom. The molecule has 2 heteroatoms. The van der Waals surface area contributed by atoms with Crippen molar-refractivity contribution in [2.75, 3.05) is 0 Å². The lowest BCUT2D eigenvalue weighted by molar-refractivity contribution is -0.190. The molecule has 0 aromatic rings. The molecular formula is C14H20O2. The van der Waals surface area contributed by atoms with Gasteiger partial charge < -0.3 is 4.74 Å². The molecular weight excluding hydrogens is 200 g/mol. The molecule has 0 aromatic carbocycles. The van der Waals surface area contributed by atoms with Crippen LogP contribution in [0.25, 0.3) is 0 Å². The second-order valence-corrected chi connectivity index (χ2v) is 6.01. The van der Waals surface area contributed by atoms with Gasteiger partial charge in [0, 0.05) is 12.3 Å². The fourth-order valence-corrected chi connectivity index (χ4v) is 3.91. The first kappa shape index (κ1) is 11.5. The zero-order chi connectivity index (χ0) is 12.0. The first-order valence-electron chi connectivity index (χ1n) is 6.11. The molecule has 2 aliphatic rings. The van der Waals surface area contributed by atoms with Gasteiger partial charge in [-0.1, -0.05) is 26.7 Å². The summed E-state index contributed by atoms with van der Waals surface area (Å²) in [5.41, 5.74) is -0.457. The van der Waals surface area contributed by atoms with Crippen molar-refractivity contribution in [2.45, 2.75) is 52.1 Å². The summed E-state index contributed by atoms with van der Waals surface area (Å²) in [6.45, 7) is 6.63. The number of esters is 1. The second-order valence-electron chi connectivity index (χ2n) is 6.01. The lowest BCUT2D eigenvalue weighted by Crippen LogP contribution is -2.56. The molecule has 16 heavy (non-hydrogen) atoms. The predicted molar refractivity (Wildman–Crippen MR) is 62.6 cm³/mol. The monoisotopic (exact) mass is 220 g/mol. The molecule has 1 aliphatic heterocycles. The van der Waals surface area contributed by atoms with Gasteiger partial charge >= 0.3 is 5.97 Å². The lowest BCUT2D eigenvalue weighted by atomic mass is 9.56. The van der Waals surface area contributed by atoms with Crippen LogP contribution < -0.4 is 0 Å². The second kappa shape index (κ2) is 3.52. The molecule has 0 spiro atoms. The molecule has 2 rings (SSSR count). The molecule has 2 fully saturated rings. The van der Waals surface area contributed by atoms with Crippen LogP contribution >= 0.6 is 0 Å². The zero-order valence-electron chi connectivity index (χ0n) is 10.4. The van der Waals surface area contributed by atoms with Crippen LogP contribution in [0.15, 0.2) is 0 Å². The topological polar surface area (TPSA) is 26.3 Å². The third-order valence-electron chi connectivity index (χ3n) is 4.31. The normalized spacial score (nSPS) is 41.8. The van der Waals surface area contributed by atoms with E-state index < -0.39 is 5.60 Å². The van der Waals surface area contributed by atoms with Crippen LogP contribution in [-0.4, -0.2) is 11.6 Å². The summed E-state index contributed by atoms with van der Waals surface area (Å²) in [5, 5.41) is 0. The maximum absolute atomic E-state index is 11.6. The minimum absolute atomic E-state index is 0.126. The van der Waals surface area contributed by atoms with Gasteiger partial charge in [0.2, 0.25) is 0 Å². The Morgan fingerprint density at radius 3 is 2.75 bits per heavy atom. The molecule has 1 heterocycles. The van der Waals surface area contributed by atoms with Crippen LogP contribution in [0.4, 0.5) is 0 Å². The van der Waals surface area contributed by atoms with Gasteiger partial charge in [0.05, 0.1) is 0 Å². The van der Waals surface area contributed by atoms with Crippen molar-refractivity contribution in [3.8, 4) is 12.3 Å². The summed E-state index contributed by atoms with van der Waals surface area (Å²) in [6, 6.07) is 0. The Hall–Kier alpha value is -0.970. The summed E-state index contributed by atoms with van der Waals surface area (Å²) in [4.78, 5) is 11.6. The predicted octanol–water partition coefficient (Wildman–Crippen LogP) is 2.77. The molecule has 0 bridgehead atoms. The molecule has 1 aliphatic carbocycles. The van der Waals surface area contributed by atoms with E-state index in [2.05, 4.69) is 26.7 Å². The molecule has 2 nitrogen and oxygen atoms in total. The average molecular weight is 220 g/mol. The maximum atomic E-state index is 11.6. The molecule has 0 aromatic heterocycles. The molecule has 1 saturated carbocycles. The zero-order valence-corrected chi connectivity index (χ0v) is 10.4. The number of rotatable bonds is 0. The van der Waals surface area contributed by atoms with E-state index in [1.165, 1.54) is 6.42 Å². The highest BCUT2D eigenvalue weighted by Crippen LogP contribution is 2.54. The summed E-state index contributed by atoms with van der Waals surface area (Å²) in [6.07, 6.45) is 9.22. The Kier molecular flexibility index (Phi) is 2.53. The van der Waals surface area contributed by atoms with Gasteiger partial charge in [0.15, 0.2) is 5.60 Å². The third kappa shape index (κ3) is 1.54. The van der Waals surface area contributed by atoms with E-state index >= 15 is 0 Å². The standard InChI is InChI=1S/C14H20O2/c1-5-14-8-6-7-13(3,4)12(14)10(2)9-11(15)16-14/h1,10,12H,6-9H2,2-4H3/t10-,12-,14+/m1/s1. The van der Waals surface area contributed by atoms with Gasteiger partial charge in [-0.15, -0.1) is 6.42 Å². The van der Waals surface area contributed by atoms with Gasteiger partial charge in [0.25, 0.3) is 0 Å². The number of hydrogen-bond donors (Lipinski definition) is 0.